The maximum Gasteiger partial charge on any atom is 0.238 e. The molecule has 0 spiro atoms. The zero-order valence-electron chi connectivity index (χ0n) is 16.4. The lowest BCUT2D eigenvalue weighted by Gasteiger charge is -2.07. The predicted octanol–water partition coefficient (Wildman–Crippen LogP) is 4.87. The third-order valence-corrected chi connectivity index (χ3v) is 7.40. The topological polar surface area (TPSA) is 88.8 Å². The van der Waals surface area contributed by atoms with Gasteiger partial charge in [0.1, 0.15) is 5.82 Å². The molecule has 5 nitrogen and oxygen atoms in total. The number of nitrogens with one attached hydrogen (secondary N) is 1. The monoisotopic (exact) mass is 435 g/mol. The molecule has 1 aromatic heterocycles. The van der Waals surface area contributed by atoms with E-state index in [1.807, 2.05) is 24.3 Å². The fraction of sp³-hybridized carbons (Fsp3) is 0.174. The minimum Gasteiger partial charge on any atom is -0.342 e. The van der Waals surface area contributed by atoms with Crippen molar-refractivity contribution >= 4 is 32.8 Å². The van der Waals surface area contributed by atoms with Crippen molar-refractivity contribution in [1.29, 1.82) is 0 Å². The highest BCUT2D eigenvalue weighted by molar-refractivity contribution is 7.98. The highest BCUT2D eigenvalue weighted by Gasteiger charge is 2.41. The molecule has 0 bridgehead atoms. The van der Waals surface area contributed by atoms with Gasteiger partial charge >= 0.3 is 0 Å². The molecule has 0 aliphatic heterocycles. The molecule has 3 N–H and O–H groups in total. The van der Waals surface area contributed by atoms with Crippen molar-refractivity contribution < 1.29 is 8.42 Å². The minimum atomic E-state index is -3.80. The van der Waals surface area contributed by atoms with Crippen molar-refractivity contribution in [3.05, 3.63) is 78.1 Å². The van der Waals surface area contributed by atoms with Crippen LogP contribution in [0.25, 0.3) is 22.2 Å². The van der Waals surface area contributed by atoms with Crippen LogP contribution in [0.5, 0.6) is 0 Å². The molecular formula is C23H21N3O2S2. The molecule has 152 valence electrons. The summed E-state index contributed by atoms with van der Waals surface area (Å²) in [5, 5.41) is 5.40. The molecule has 1 heterocycles. The first kappa shape index (κ1) is 19.4. The van der Waals surface area contributed by atoms with Gasteiger partial charge in [-0.15, -0.1) is 11.8 Å². The van der Waals surface area contributed by atoms with Crippen molar-refractivity contribution in [3.63, 3.8) is 0 Å². The van der Waals surface area contributed by atoms with Crippen LogP contribution in [-0.2, 0) is 10.0 Å². The standard InChI is InChI=1S/C23H21N3O2S2/c1-29-16-9-6-14(7-10-16)18-13-19(18)23-25-20-11-8-15(12-21(20)26-23)17-4-2-3-5-22(17)30(24,27)28/h2-12,18-19H,13H2,1H3,(H,25,26)(H2,24,27,28). The van der Waals surface area contributed by atoms with Gasteiger partial charge in [0.2, 0.25) is 10.0 Å². The van der Waals surface area contributed by atoms with E-state index in [0.717, 1.165) is 28.8 Å². The molecule has 1 aliphatic rings. The van der Waals surface area contributed by atoms with Crippen LogP contribution in [0.3, 0.4) is 0 Å². The number of benzene rings is 3. The zero-order chi connectivity index (χ0) is 20.9. The van der Waals surface area contributed by atoms with Gasteiger partial charge in [0.15, 0.2) is 0 Å². The smallest absolute Gasteiger partial charge is 0.238 e. The fourth-order valence-corrected chi connectivity index (χ4v) is 5.21. The van der Waals surface area contributed by atoms with Gasteiger partial charge in [-0.05, 0) is 60.1 Å². The van der Waals surface area contributed by atoms with Crippen LogP contribution in [0, 0.1) is 0 Å². The molecule has 0 amide bonds. The van der Waals surface area contributed by atoms with Gasteiger partial charge in [-0.25, -0.2) is 18.5 Å². The second-order valence-electron chi connectivity index (χ2n) is 7.62. The number of aromatic amines is 1. The Morgan fingerprint density at radius 2 is 1.80 bits per heavy atom. The number of nitrogens with two attached hydrogens (primary N) is 1. The van der Waals surface area contributed by atoms with E-state index < -0.39 is 10.0 Å². The molecule has 4 aromatic rings. The first-order valence-electron chi connectivity index (χ1n) is 9.70. The van der Waals surface area contributed by atoms with Gasteiger partial charge in [0.05, 0.1) is 15.9 Å². The first-order valence-corrected chi connectivity index (χ1v) is 12.5. The number of hydrogen-bond donors (Lipinski definition) is 2. The molecule has 1 fully saturated rings. The van der Waals surface area contributed by atoms with Crippen molar-refractivity contribution in [2.45, 2.75) is 28.0 Å². The van der Waals surface area contributed by atoms with E-state index in [9.17, 15) is 8.42 Å². The Bertz CT molecular complexity index is 1340. The van der Waals surface area contributed by atoms with Crippen LogP contribution in [0.15, 0.2) is 76.5 Å². The van der Waals surface area contributed by atoms with Crippen molar-refractivity contribution in [1.82, 2.24) is 9.97 Å². The second kappa shape index (κ2) is 7.27. The third kappa shape index (κ3) is 3.53. The minimum absolute atomic E-state index is 0.125. The molecule has 3 aromatic carbocycles. The van der Waals surface area contributed by atoms with E-state index >= 15 is 0 Å². The maximum absolute atomic E-state index is 12.0. The number of hydrogen-bond acceptors (Lipinski definition) is 4. The Morgan fingerprint density at radius 3 is 2.53 bits per heavy atom. The summed E-state index contributed by atoms with van der Waals surface area (Å²) in [6, 6.07) is 21.3. The summed E-state index contributed by atoms with van der Waals surface area (Å²) >= 11 is 1.75. The van der Waals surface area contributed by atoms with Crippen LogP contribution in [0.4, 0.5) is 0 Å². The number of imidazole rings is 1. The van der Waals surface area contributed by atoms with Crippen LogP contribution in [-0.4, -0.2) is 24.6 Å². The quantitative estimate of drug-likeness (QED) is 0.438. The molecule has 5 rings (SSSR count). The van der Waals surface area contributed by atoms with Gasteiger partial charge in [-0.3, -0.25) is 0 Å². The zero-order valence-corrected chi connectivity index (χ0v) is 18.0. The first-order chi connectivity index (χ1) is 14.4. The molecule has 0 radical (unpaired) electrons. The van der Waals surface area contributed by atoms with Crippen molar-refractivity contribution in [2.24, 2.45) is 5.14 Å². The van der Waals surface area contributed by atoms with E-state index in [4.69, 9.17) is 10.1 Å². The van der Waals surface area contributed by atoms with Crippen molar-refractivity contribution in [2.75, 3.05) is 6.26 Å². The van der Waals surface area contributed by atoms with Gasteiger partial charge in [-0.2, -0.15) is 0 Å². The summed E-state index contributed by atoms with van der Waals surface area (Å²) in [6.07, 6.45) is 3.17. The number of primary sulfonamides is 1. The van der Waals surface area contributed by atoms with Crippen LogP contribution in [0.2, 0.25) is 0 Å². The molecular weight excluding hydrogens is 414 g/mol. The van der Waals surface area contributed by atoms with Crippen LogP contribution in [0.1, 0.15) is 29.6 Å². The molecule has 1 aliphatic carbocycles. The van der Waals surface area contributed by atoms with Crippen LogP contribution < -0.4 is 5.14 Å². The van der Waals surface area contributed by atoms with Crippen LogP contribution >= 0.6 is 11.8 Å². The van der Waals surface area contributed by atoms with Gasteiger partial charge in [0, 0.05) is 16.4 Å². The Morgan fingerprint density at radius 1 is 1.03 bits per heavy atom. The van der Waals surface area contributed by atoms with E-state index in [0.29, 0.717) is 17.4 Å². The van der Waals surface area contributed by atoms with E-state index in [-0.39, 0.29) is 4.90 Å². The Labute approximate surface area is 179 Å². The molecule has 2 atom stereocenters. The molecule has 1 saturated carbocycles. The lowest BCUT2D eigenvalue weighted by atomic mass is 10.1. The highest BCUT2D eigenvalue weighted by atomic mass is 32.2. The van der Waals surface area contributed by atoms with Gasteiger partial charge in [-0.1, -0.05) is 36.4 Å². The van der Waals surface area contributed by atoms with E-state index in [1.165, 1.54) is 16.5 Å². The second-order valence-corrected chi connectivity index (χ2v) is 10.0. The van der Waals surface area contributed by atoms with E-state index in [1.54, 1.807) is 23.9 Å². The van der Waals surface area contributed by atoms with E-state index in [2.05, 4.69) is 35.5 Å². The number of nitrogens with zero attached hydrogens (tertiary/aromatic N) is 1. The number of sulfonamides is 1. The SMILES string of the molecule is CSc1ccc(C2CC2c2nc3ccc(-c4ccccc4S(N)(=O)=O)cc3[nH]2)cc1. The Kier molecular flexibility index (Phi) is 4.69. The Hall–Kier alpha value is -2.61. The number of H-pyrrole nitrogens is 1. The fourth-order valence-electron chi connectivity index (χ4n) is 4.04. The maximum atomic E-state index is 12.0. The largest absolute Gasteiger partial charge is 0.342 e. The molecule has 30 heavy (non-hydrogen) atoms. The summed E-state index contributed by atoms with van der Waals surface area (Å²) in [5.41, 5.74) is 4.51. The highest BCUT2D eigenvalue weighted by Crippen LogP contribution is 2.54. The number of aromatic nitrogens is 2. The number of fused-ring (bicyclic) bond motifs is 1. The average Bonchev–Trinajstić information content (AvgIpc) is 3.44. The summed E-state index contributed by atoms with van der Waals surface area (Å²) < 4.78 is 23.9. The average molecular weight is 436 g/mol. The normalized spacial score (nSPS) is 18.6. The predicted molar refractivity (Wildman–Crippen MR) is 121 cm³/mol. The number of rotatable bonds is 5. The van der Waals surface area contributed by atoms with Gasteiger partial charge < -0.3 is 4.98 Å². The summed E-state index contributed by atoms with van der Waals surface area (Å²) in [4.78, 5) is 9.64. The molecule has 0 saturated heterocycles. The summed E-state index contributed by atoms with van der Waals surface area (Å²) in [7, 11) is -3.80. The Balaban J connectivity index is 1.46. The molecule has 7 heteroatoms. The summed E-state index contributed by atoms with van der Waals surface area (Å²) in [6.45, 7) is 0. The summed E-state index contributed by atoms with van der Waals surface area (Å²) in [5.74, 6) is 1.86. The lowest BCUT2D eigenvalue weighted by Crippen LogP contribution is -2.13. The lowest BCUT2D eigenvalue weighted by molar-refractivity contribution is 0.598. The van der Waals surface area contributed by atoms with Gasteiger partial charge in [0.25, 0.3) is 0 Å². The third-order valence-electron chi connectivity index (χ3n) is 5.69. The number of thioether (sulfide) groups is 1. The van der Waals surface area contributed by atoms with Crippen molar-refractivity contribution in [3.8, 4) is 11.1 Å². The molecule has 2 unspecified atom stereocenters.